The van der Waals surface area contributed by atoms with E-state index in [2.05, 4.69) is 29.4 Å². The number of benzene rings is 2. The Kier molecular flexibility index (Phi) is 4.38. The molecule has 2 heterocycles. The van der Waals surface area contributed by atoms with Crippen LogP contribution in [0.25, 0.3) is 16.9 Å². The van der Waals surface area contributed by atoms with Crippen LogP contribution in [0.5, 0.6) is 11.5 Å². The molecule has 0 saturated heterocycles. The summed E-state index contributed by atoms with van der Waals surface area (Å²) in [6, 6.07) is 15.9. The number of aromatic nitrogens is 3. The zero-order chi connectivity index (χ0) is 18.8. The van der Waals surface area contributed by atoms with Gasteiger partial charge < -0.3 is 14.8 Å². The Bertz CT molecular complexity index is 1100. The van der Waals surface area contributed by atoms with Crippen LogP contribution in [0.3, 0.4) is 0 Å². The van der Waals surface area contributed by atoms with Crippen LogP contribution in [0, 0.1) is 6.92 Å². The molecule has 27 heavy (non-hydrogen) atoms. The van der Waals surface area contributed by atoms with Crippen molar-refractivity contribution in [2.24, 2.45) is 0 Å². The quantitative estimate of drug-likeness (QED) is 0.569. The number of anilines is 2. The highest BCUT2D eigenvalue weighted by Crippen LogP contribution is 2.32. The minimum absolute atomic E-state index is 0.660. The Hall–Kier alpha value is -3.54. The summed E-state index contributed by atoms with van der Waals surface area (Å²) in [6.07, 6.45) is 3.65. The second-order valence-corrected chi connectivity index (χ2v) is 6.18. The maximum Gasteiger partial charge on any atom is 0.213 e. The molecule has 0 aliphatic heterocycles. The Balaban J connectivity index is 1.81. The van der Waals surface area contributed by atoms with Crippen molar-refractivity contribution in [1.29, 1.82) is 0 Å². The van der Waals surface area contributed by atoms with Crippen molar-refractivity contribution in [3.63, 3.8) is 0 Å². The summed E-state index contributed by atoms with van der Waals surface area (Å²) in [4.78, 5) is 9.24. The fourth-order valence-electron chi connectivity index (χ4n) is 3.01. The molecule has 4 rings (SSSR count). The molecule has 0 amide bonds. The number of fused-ring (bicyclic) bond motifs is 1. The number of nitrogens with one attached hydrogen (secondary N) is 1. The van der Waals surface area contributed by atoms with Crippen molar-refractivity contribution in [2.45, 2.75) is 6.92 Å². The molecule has 1 N–H and O–H groups in total. The Morgan fingerprint density at radius 3 is 2.59 bits per heavy atom. The zero-order valence-corrected chi connectivity index (χ0v) is 15.4. The van der Waals surface area contributed by atoms with Gasteiger partial charge in [-0.3, -0.25) is 4.40 Å². The fourth-order valence-corrected chi connectivity index (χ4v) is 3.01. The Labute approximate surface area is 157 Å². The minimum atomic E-state index is 0.660. The van der Waals surface area contributed by atoms with Crippen LogP contribution in [-0.4, -0.2) is 28.6 Å². The van der Waals surface area contributed by atoms with E-state index in [-0.39, 0.29) is 0 Å². The molecule has 6 nitrogen and oxygen atoms in total. The number of imidazole rings is 1. The first-order valence-corrected chi connectivity index (χ1v) is 8.58. The predicted molar refractivity (Wildman–Crippen MR) is 106 cm³/mol. The average Bonchev–Trinajstić information content (AvgIpc) is 3.16. The van der Waals surface area contributed by atoms with Gasteiger partial charge in [-0.1, -0.05) is 12.1 Å². The van der Waals surface area contributed by atoms with Gasteiger partial charge in [0.15, 0.2) is 11.5 Å². The number of hydrogen-bond acceptors (Lipinski definition) is 5. The summed E-state index contributed by atoms with van der Waals surface area (Å²) in [5.74, 6) is 2.04. The summed E-state index contributed by atoms with van der Waals surface area (Å²) in [5.41, 5.74) is 4.68. The normalized spacial score (nSPS) is 10.8. The van der Waals surface area contributed by atoms with Gasteiger partial charge in [-0.05, 0) is 42.8 Å². The third-order valence-electron chi connectivity index (χ3n) is 4.34. The van der Waals surface area contributed by atoms with E-state index in [1.807, 2.05) is 47.0 Å². The molecule has 136 valence electrons. The number of nitrogens with zero attached hydrogens (tertiary/aromatic N) is 3. The van der Waals surface area contributed by atoms with Crippen LogP contribution in [0.15, 0.2) is 60.9 Å². The average molecular weight is 360 g/mol. The van der Waals surface area contributed by atoms with Crippen molar-refractivity contribution in [1.82, 2.24) is 14.4 Å². The van der Waals surface area contributed by atoms with Gasteiger partial charge in [-0.25, -0.2) is 9.97 Å². The van der Waals surface area contributed by atoms with Gasteiger partial charge in [0.1, 0.15) is 5.65 Å². The number of methoxy groups -OCH3 is 2. The summed E-state index contributed by atoms with van der Waals surface area (Å²) in [5, 5.41) is 3.39. The maximum atomic E-state index is 5.42. The molecule has 0 unspecified atom stereocenters. The van der Waals surface area contributed by atoms with E-state index in [0.29, 0.717) is 17.4 Å². The van der Waals surface area contributed by atoms with Crippen LogP contribution < -0.4 is 14.8 Å². The molecule has 0 aliphatic carbocycles. The van der Waals surface area contributed by atoms with Crippen LogP contribution >= 0.6 is 0 Å². The third kappa shape index (κ3) is 3.29. The van der Waals surface area contributed by atoms with Crippen LogP contribution in [0.1, 0.15) is 5.56 Å². The molecule has 2 aromatic carbocycles. The van der Waals surface area contributed by atoms with Crippen LogP contribution in [0.2, 0.25) is 0 Å². The monoisotopic (exact) mass is 360 g/mol. The lowest BCUT2D eigenvalue weighted by atomic mass is 10.1. The van der Waals surface area contributed by atoms with E-state index in [0.717, 1.165) is 22.6 Å². The third-order valence-corrected chi connectivity index (χ3v) is 4.34. The second-order valence-electron chi connectivity index (χ2n) is 6.18. The molecular weight excluding hydrogens is 340 g/mol. The van der Waals surface area contributed by atoms with Gasteiger partial charge in [-0.2, -0.15) is 0 Å². The maximum absolute atomic E-state index is 5.42. The first-order valence-electron chi connectivity index (χ1n) is 8.58. The zero-order valence-electron chi connectivity index (χ0n) is 15.4. The highest BCUT2D eigenvalue weighted by Gasteiger charge is 2.11. The van der Waals surface area contributed by atoms with Gasteiger partial charge in [0, 0.05) is 29.7 Å². The highest BCUT2D eigenvalue weighted by atomic mass is 16.5. The van der Waals surface area contributed by atoms with E-state index < -0.39 is 0 Å². The van der Waals surface area contributed by atoms with Crippen LogP contribution in [-0.2, 0) is 0 Å². The van der Waals surface area contributed by atoms with Gasteiger partial charge in [0.25, 0.3) is 0 Å². The van der Waals surface area contributed by atoms with Crippen molar-refractivity contribution < 1.29 is 9.47 Å². The second kappa shape index (κ2) is 6.99. The summed E-state index contributed by atoms with van der Waals surface area (Å²) < 4.78 is 12.7. The van der Waals surface area contributed by atoms with Gasteiger partial charge in [-0.15, -0.1) is 0 Å². The molecular formula is C21H20N4O2. The van der Waals surface area contributed by atoms with Crippen molar-refractivity contribution >= 4 is 17.3 Å². The standard InChI is InChI=1S/C21H20N4O2/c1-14-5-4-6-16(11-14)23-21-24-17(13-20-22-9-10-25(20)21)15-7-8-18(26-2)19(12-15)27-3/h4-13H,1-3H3,(H,23,24). The molecule has 0 aliphatic rings. The topological polar surface area (TPSA) is 60.7 Å². The first-order chi connectivity index (χ1) is 13.2. The summed E-state index contributed by atoms with van der Waals surface area (Å²) in [6.45, 7) is 2.06. The van der Waals surface area contributed by atoms with Gasteiger partial charge >= 0.3 is 0 Å². The minimum Gasteiger partial charge on any atom is -0.493 e. The molecule has 0 fully saturated rings. The molecule has 6 heteroatoms. The predicted octanol–water partition coefficient (Wildman–Crippen LogP) is 4.47. The lowest BCUT2D eigenvalue weighted by Crippen LogP contribution is -2.02. The lowest BCUT2D eigenvalue weighted by molar-refractivity contribution is 0.355. The van der Waals surface area contributed by atoms with E-state index in [1.54, 1.807) is 20.4 Å². The smallest absolute Gasteiger partial charge is 0.213 e. The number of hydrogen-bond donors (Lipinski definition) is 1. The van der Waals surface area contributed by atoms with Crippen LogP contribution in [0.4, 0.5) is 11.6 Å². The molecule has 0 saturated carbocycles. The van der Waals surface area contributed by atoms with Crippen molar-refractivity contribution in [3.8, 4) is 22.8 Å². The van der Waals surface area contributed by atoms with E-state index in [4.69, 9.17) is 14.5 Å². The van der Waals surface area contributed by atoms with Gasteiger partial charge in [0.05, 0.1) is 19.9 Å². The molecule has 0 bridgehead atoms. The Morgan fingerprint density at radius 1 is 0.963 bits per heavy atom. The van der Waals surface area contributed by atoms with E-state index in [1.165, 1.54) is 5.56 Å². The number of ether oxygens (including phenoxy) is 2. The summed E-state index contributed by atoms with van der Waals surface area (Å²) >= 11 is 0. The molecule has 4 aromatic rings. The summed E-state index contributed by atoms with van der Waals surface area (Å²) in [7, 11) is 3.24. The van der Waals surface area contributed by atoms with Crippen molar-refractivity contribution in [3.05, 3.63) is 66.5 Å². The molecule has 0 spiro atoms. The first kappa shape index (κ1) is 16.9. The van der Waals surface area contributed by atoms with Crippen molar-refractivity contribution in [2.75, 3.05) is 19.5 Å². The Morgan fingerprint density at radius 2 is 1.81 bits per heavy atom. The molecule has 2 aromatic heterocycles. The highest BCUT2D eigenvalue weighted by molar-refractivity contribution is 5.70. The largest absolute Gasteiger partial charge is 0.493 e. The SMILES string of the molecule is COc1ccc(-c2cc3nccn3c(Nc3cccc(C)c3)n2)cc1OC. The van der Waals surface area contributed by atoms with E-state index >= 15 is 0 Å². The number of rotatable bonds is 5. The van der Waals surface area contributed by atoms with E-state index in [9.17, 15) is 0 Å². The lowest BCUT2D eigenvalue weighted by Gasteiger charge is -2.12. The molecule has 0 atom stereocenters. The number of aryl methyl sites for hydroxylation is 1. The molecule has 0 radical (unpaired) electrons. The van der Waals surface area contributed by atoms with Gasteiger partial charge in [0.2, 0.25) is 5.95 Å². The fraction of sp³-hybridized carbons (Fsp3) is 0.143.